The molecule has 8 heteroatoms. The number of hydrogen-bond donors (Lipinski definition) is 0. The first-order chi connectivity index (χ1) is 16.0. The molecule has 0 saturated carbocycles. The molecular formula is C25H18FNO5S. The monoisotopic (exact) mass is 463 g/mol. The standard InChI is InChI=1S/C25H18FNO5S/c26-19-6-1-17(2-7-19)13-27-24(28)23(33-25(27)29)12-16-3-8-20(9-4-16)30-14-18-5-10-21-22(11-18)32-15-31-21/h1-12H,13-15H2. The van der Waals surface area contributed by atoms with Crippen LogP contribution in [0.3, 0.4) is 0 Å². The quantitative estimate of drug-likeness (QED) is 0.458. The van der Waals surface area contributed by atoms with Gasteiger partial charge in [-0.3, -0.25) is 14.5 Å². The van der Waals surface area contributed by atoms with E-state index in [1.807, 2.05) is 42.5 Å². The molecule has 0 aromatic heterocycles. The van der Waals surface area contributed by atoms with E-state index in [-0.39, 0.29) is 30.3 Å². The number of nitrogens with zero attached hydrogens (tertiary/aromatic N) is 1. The molecule has 2 amide bonds. The van der Waals surface area contributed by atoms with Crippen LogP contribution in [0.5, 0.6) is 17.2 Å². The number of carbonyl (C=O) groups excluding carboxylic acids is 2. The van der Waals surface area contributed by atoms with Gasteiger partial charge in [0.2, 0.25) is 6.79 Å². The number of rotatable bonds is 6. The minimum absolute atomic E-state index is 0.106. The van der Waals surface area contributed by atoms with Crippen molar-refractivity contribution in [2.45, 2.75) is 13.2 Å². The maximum absolute atomic E-state index is 13.1. The van der Waals surface area contributed by atoms with Gasteiger partial charge in [0.15, 0.2) is 11.5 Å². The van der Waals surface area contributed by atoms with Crippen molar-refractivity contribution in [2.75, 3.05) is 6.79 Å². The van der Waals surface area contributed by atoms with E-state index >= 15 is 0 Å². The molecule has 0 bridgehead atoms. The van der Waals surface area contributed by atoms with E-state index in [1.165, 1.54) is 12.1 Å². The van der Waals surface area contributed by atoms with Gasteiger partial charge in [-0.15, -0.1) is 0 Å². The second-order valence-corrected chi connectivity index (χ2v) is 8.43. The Bertz CT molecular complexity index is 1240. The second kappa shape index (κ2) is 8.99. The molecule has 0 N–H and O–H groups in total. The lowest BCUT2D eigenvalue weighted by Crippen LogP contribution is -2.27. The Labute approximate surface area is 193 Å². The first-order valence-corrected chi connectivity index (χ1v) is 11.0. The van der Waals surface area contributed by atoms with Gasteiger partial charge < -0.3 is 14.2 Å². The van der Waals surface area contributed by atoms with E-state index in [1.54, 1.807) is 18.2 Å². The minimum atomic E-state index is -0.365. The molecule has 3 aromatic rings. The number of amides is 2. The van der Waals surface area contributed by atoms with Gasteiger partial charge in [-0.2, -0.15) is 0 Å². The van der Waals surface area contributed by atoms with E-state index < -0.39 is 0 Å². The summed E-state index contributed by atoms with van der Waals surface area (Å²) >= 11 is 0.892. The SMILES string of the molecule is O=C1SC(=Cc2ccc(OCc3ccc4c(c3)OCO4)cc2)C(=O)N1Cc1ccc(F)cc1. The summed E-state index contributed by atoms with van der Waals surface area (Å²) in [5.41, 5.74) is 2.42. The summed E-state index contributed by atoms with van der Waals surface area (Å²) < 4.78 is 29.6. The first-order valence-electron chi connectivity index (χ1n) is 10.2. The third-order valence-electron chi connectivity index (χ3n) is 5.15. The van der Waals surface area contributed by atoms with Gasteiger partial charge in [0, 0.05) is 0 Å². The van der Waals surface area contributed by atoms with E-state index in [4.69, 9.17) is 14.2 Å². The van der Waals surface area contributed by atoms with Crippen LogP contribution >= 0.6 is 11.8 Å². The van der Waals surface area contributed by atoms with Gasteiger partial charge in [-0.1, -0.05) is 30.3 Å². The third kappa shape index (κ3) is 4.70. The van der Waals surface area contributed by atoms with Gasteiger partial charge in [-0.05, 0) is 70.9 Å². The summed E-state index contributed by atoms with van der Waals surface area (Å²) in [5.74, 6) is 1.38. The van der Waals surface area contributed by atoms with Crippen LogP contribution in [0.4, 0.5) is 9.18 Å². The van der Waals surface area contributed by atoms with Crippen molar-refractivity contribution in [1.29, 1.82) is 0 Å². The molecule has 2 aliphatic heterocycles. The fourth-order valence-electron chi connectivity index (χ4n) is 3.42. The van der Waals surface area contributed by atoms with Gasteiger partial charge in [0.05, 0.1) is 11.4 Å². The number of benzene rings is 3. The number of halogens is 1. The molecule has 0 atom stereocenters. The molecular weight excluding hydrogens is 445 g/mol. The zero-order valence-electron chi connectivity index (χ0n) is 17.3. The molecule has 2 heterocycles. The molecule has 3 aromatic carbocycles. The Hall–Kier alpha value is -3.78. The van der Waals surface area contributed by atoms with Crippen LogP contribution in [0.15, 0.2) is 71.6 Å². The van der Waals surface area contributed by atoms with Gasteiger partial charge >= 0.3 is 0 Å². The molecule has 0 radical (unpaired) electrons. The Morgan fingerprint density at radius 3 is 2.45 bits per heavy atom. The zero-order chi connectivity index (χ0) is 22.8. The predicted molar refractivity (Wildman–Crippen MR) is 121 cm³/mol. The molecule has 0 spiro atoms. The topological polar surface area (TPSA) is 65.1 Å². The lowest BCUT2D eigenvalue weighted by molar-refractivity contribution is -0.123. The van der Waals surface area contributed by atoms with Crippen molar-refractivity contribution in [1.82, 2.24) is 4.90 Å². The van der Waals surface area contributed by atoms with Crippen molar-refractivity contribution in [2.24, 2.45) is 0 Å². The number of ether oxygens (including phenoxy) is 3. The largest absolute Gasteiger partial charge is 0.489 e. The summed E-state index contributed by atoms with van der Waals surface area (Å²) in [6.45, 7) is 0.709. The molecule has 1 saturated heterocycles. The van der Waals surface area contributed by atoms with E-state index in [9.17, 15) is 14.0 Å². The fraction of sp³-hybridized carbons (Fsp3) is 0.120. The van der Waals surface area contributed by atoms with Crippen molar-refractivity contribution >= 4 is 29.0 Å². The average Bonchev–Trinajstić information content (AvgIpc) is 3.39. The normalized spacial score (nSPS) is 16.0. The Morgan fingerprint density at radius 2 is 1.67 bits per heavy atom. The van der Waals surface area contributed by atoms with Crippen molar-refractivity contribution in [3.63, 3.8) is 0 Å². The number of imide groups is 1. The molecule has 0 aliphatic carbocycles. The number of thioether (sulfide) groups is 1. The van der Waals surface area contributed by atoms with Gasteiger partial charge in [0.1, 0.15) is 18.2 Å². The summed E-state index contributed by atoms with van der Waals surface area (Å²) in [7, 11) is 0. The molecule has 166 valence electrons. The summed E-state index contributed by atoms with van der Waals surface area (Å²) in [4.78, 5) is 26.5. The molecule has 2 aliphatic rings. The molecule has 33 heavy (non-hydrogen) atoms. The highest BCUT2D eigenvalue weighted by molar-refractivity contribution is 8.18. The van der Waals surface area contributed by atoms with E-state index in [0.29, 0.717) is 28.6 Å². The fourth-order valence-corrected chi connectivity index (χ4v) is 4.26. The predicted octanol–water partition coefficient (Wildman–Crippen LogP) is 5.37. The van der Waals surface area contributed by atoms with Crippen molar-refractivity contribution in [3.8, 4) is 17.2 Å². The number of hydrogen-bond acceptors (Lipinski definition) is 6. The van der Waals surface area contributed by atoms with Crippen LogP contribution in [-0.4, -0.2) is 22.8 Å². The smallest absolute Gasteiger partial charge is 0.293 e. The highest BCUT2D eigenvalue weighted by Crippen LogP contribution is 2.34. The third-order valence-corrected chi connectivity index (χ3v) is 6.06. The maximum atomic E-state index is 13.1. The van der Waals surface area contributed by atoms with E-state index in [2.05, 4.69) is 0 Å². The number of fused-ring (bicyclic) bond motifs is 1. The Kier molecular flexibility index (Phi) is 5.75. The van der Waals surface area contributed by atoms with Crippen LogP contribution in [0.2, 0.25) is 0 Å². The number of carbonyl (C=O) groups is 2. The van der Waals surface area contributed by atoms with Crippen molar-refractivity contribution in [3.05, 3.63) is 94.1 Å². The van der Waals surface area contributed by atoms with Gasteiger partial charge in [-0.25, -0.2) is 4.39 Å². The van der Waals surface area contributed by atoms with E-state index in [0.717, 1.165) is 33.5 Å². The lowest BCUT2D eigenvalue weighted by Gasteiger charge is -2.12. The zero-order valence-corrected chi connectivity index (χ0v) is 18.1. The minimum Gasteiger partial charge on any atom is -0.489 e. The molecule has 0 unspecified atom stereocenters. The van der Waals surface area contributed by atoms with Crippen LogP contribution in [-0.2, 0) is 17.9 Å². The summed E-state index contributed by atoms with van der Waals surface area (Å²) in [6.07, 6.45) is 1.68. The summed E-state index contributed by atoms with van der Waals surface area (Å²) in [5, 5.41) is -0.348. The summed E-state index contributed by atoms with van der Waals surface area (Å²) in [6, 6.07) is 18.7. The lowest BCUT2D eigenvalue weighted by atomic mass is 10.2. The molecule has 6 nitrogen and oxygen atoms in total. The Morgan fingerprint density at radius 1 is 0.939 bits per heavy atom. The van der Waals surface area contributed by atoms with Crippen LogP contribution in [0, 0.1) is 5.82 Å². The highest BCUT2D eigenvalue weighted by atomic mass is 32.2. The second-order valence-electron chi connectivity index (χ2n) is 7.44. The van der Waals surface area contributed by atoms with Crippen LogP contribution < -0.4 is 14.2 Å². The van der Waals surface area contributed by atoms with Gasteiger partial charge in [0.25, 0.3) is 11.1 Å². The molecule has 5 rings (SSSR count). The molecule has 1 fully saturated rings. The van der Waals surface area contributed by atoms with Crippen LogP contribution in [0.25, 0.3) is 6.08 Å². The highest BCUT2D eigenvalue weighted by Gasteiger charge is 2.34. The maximum Gasteiger partial charge on any atom is 0.293 e. The van der Waals surface area contributed by atoms with Crippen molar-refractivity contribution < 1.29 is 28.2 Å². The average molecular weight is 463 g/mol. The van der Waals surface area contributed by atoms with Crippen LogP contribution in [0.1, 0.15) is 16.7 Å². The Balaban J connectivity index is 1.22. The first kappa shape index (κ1) is 21.1.